The van der Waals surface area contributed by atoms with Crippen LogP contribution in [-0.2, 0) is 0 Å². The zero-order valence-corrected chi connectivity index (χ0v) is 24.2. The number of nitrogens with zero attached hydrogens (tertiary/aromatic N) is 4. The van der Waals surface area contributed by atoms with Crippen molar-refractivity contribution in [2.24, 2.45) is 0 Å². The minimum absolute atomic E-state index is 0.0443. The third kappa shape index (κ3) is 4.40. The number of ether oxygens (including phenoxy) is 1. The third-order valence-corrected chi connectivity index (χ3v) is 10.3. The molecule has 8 rings (SSSR count). The molecule has 3 aromatic carbocycles. The highest BCUT2D eigenvalue weighted by Gasteiger charge is 2.45. The van der Waals surface area contributed by atoms with Crippen LogP contribution in [0.5, 0.6) is 11.8 Å². The Kier molecular flexibility index (Phi) is 6.40. The zero-order valence-electron chi connectivity index (χ0n) is 23.5. The van der Waals surface area contributed by atoms with Crippen LogP contribution in [0.4, 0.5) is 19.0 Å². The van der Waals surface area contributed by atoms with Gasteiger partial charge in [0.15, 0.2) is 5.82 Å². The van der Waals surface area contributed by atoms with Crippen LogP contribution >= 0.6 is 11.6 Å². The summed E-state index contributed by atoms with van der Waals surface area (Å²) in [6, 6.07) is 6.94. The first-order valence-corrected chi connectivity index (χ1v) is 15.4. The van der Waals surface area contributed by atoms with Crippen LogP contribution < -0.4 is 15.0 Å². The molecule has 7 nitrogen and oxygen atoms in total. The maximum absolute atomic E-state index is 16.7. The van der Waals surface area contributed by atoms with E-state index in [1.165, 1.54) is 24.3 Å². The van der Waals surface area contributed by atoms with E-state index in [2.05, 4.69) is 20.1 Å². The molecular weight excluding hydrogens is 579 g/mol. The number of phenols is 1. The van der Waals surface area contributed by atoms with Crippen molar-refractivity contribution in [1.29, 1.82) is 0 Å². The Morgan fingerprint density at radius 3 is 2.49 bits per heavy atom. The van der Waals surface area contributed by atoms with Crippen molar-refractivity contribution in [3.8, 4) is 22.9 Å². The molecule has 1 aromatic heterocycles. The van der Waals surface area contributed by atoms with Gasteiger partial charge in [-0.3, -0.25) is 4.90 Å². The van der Waals surface area contributed by atoms with Crippen molar-refractivity contribution in [2.45, 2.75) is 56.1 Å². The fraction of sp³-hybridized carbons (Fsp3) is 0.438. The van der Waals surface area contributed by atoms with Gasteiger partial charge in [0.05, 0.1) is 16.1 Å². The maximum atomic E-state index is 16.7. The quantitative estimate of drug-likeness (QED) is 0.280. The monoisotopic (exact) mass is 609 g/mol. The summed E-state index contributed by atoms with van der Waals surface area (Å²) >= 11 is 6.32. The molecule has 2 atom stereocenters. The van der Waals surface area contributed by atoms with Gasteiger partial charge in [-0.2, -0.15) is 9.97 Å². The number of phenolic OH excluding ortho intramolecular Hbond substituents is 1. The summed E-state index contributed by atoms with van der Waals surface area (Å²) in [5.41, 5.74) is -0.683. The molecule has 4 aliphatic rings. The normalized spacial score (nSPS) is 23.0. The van der Waals surface area contributed by atoms with Crippen LogP contribution in [0.25, 0.3) is 32.8 Å². The lowest BCUT2D eigenvalue weighted by atomic mass is 9.95. The van der Waals surface area contributed by atoms with Crippen molar-refractivity contribution in [1.82, 2.24) is 20.2 Å². The Morgan fingerprint density at radius 2 is 1.74 bits per heavy atom. The van der Waals surface area contributed by atoms with Gasteiger partial charge in [-0.15, -0.1) is 0 Å². The smallest absolute Gasteiger partial charge is 0.319 e. The van der Waals surface area contributed by atoms with Gasteiger partial charge in [0.2, 0.25) is 0 Å². The number of fused-ring (bicyclic) bond motifs is 5. The molecule has 4 saturated heterocycles. The maximum Gasteiger partial charge on any atom is 0.319 e. The molecule has 224 valence electrons. The van der Waals surface area contributed by atoms with Gasteiger partial charge in [-0.25, -0.2) is 13.2 Å². The summed E-state index contributed by atoms with van der Waals surface area (Å²) in [5.74, 6) is -2.37. The summed E-state index contributed by atoms with van der Waals surface area (Å²) in [5, 5.41) is 14.4. The predicted molar refractivity (Wildman–Crippen MR) is 159 cm³/mol. The summed E-state index contributed by atoms with van der Waals surface area (Å²) in [7, 11) is 0. The average molecular weight is 610 g/mol. The third-order valence-electron chi connectivity index (χ3n) is 9.90. The molecule has 4 fully saturated rings. The lowest BCUT2D eigenvalue weighted by Crippen LogP contribution is -2.51. The summed E-state index contributed by atoms with van der Waals surface area (Å²) in [6.07, 6.45) is 6.33. The fourth-order valence-electron chi connectivity index (χ4n) is 7.92. The number of nitrogens with one attached hydrogen (secondary N) is 1. The molecule has 0 spiro atoms. The van der Waals surface area contributed by atoms with Crippen LogP contribution in [0.1, 0.15) is 38.5 Å². The average Bonchev–Trinajstić information content (AvgIpc) is 3.67. The molecule has 2 bridgehead atoms. The molecular formula is C32H31ClF3N5O2. The Bertz CT molecular complexity index is 1770. The number of anilines is 1. The van der Waals surface area contributed by atoms with E-state index in [9.17, 15) is 9.50 Å². The van der Waals surface area contributed by atoms with Crippen LogP contribution in [-0.4, -0.2) is 70.4 Å². The van der Waals surface area contributed by atoms with Crippen molar-refractivity contribution >= 4 is 39.1 Å². The number of benzene rings is 3. The Labute approximate surface area is 251 Å². The molecule has 0 saturated carbocycles. The predicted octanol–water partition coefficient (Wildman–Crippen LogP) is 6.17. The molecule has 0 amide bonds. The highest BCUT2D eigenvalue weighted by atomic mass is 35.5. The second-order valence-electron chi connectivity index (χ2n) is 12.5. The number of piperazine rings is 1. The Morgan fingerprint density at radius 1 is 1.00 bits per heavy atom. The van der Waals surface area contributed by atoms with E-state index in [0.29, 0.717) is 30.9 Å². The second kappa shape index (κ2) is 10.1. The number of hydrogen-bond donors (Lipinski definition) is 2. The fourth-order valence-corrected chi connectivity index (χ4v) is 8.19. The Hall–Kier alpha value is -3.34. The highest BCUT2D eigenvalue weighted by molar-refractivity contribution is 6.37. The van der Waals surface area contributed by atoms with Crippen molar-refractivity contribution in [3.63, 3.8) is 0 Å². The van der Waals surface area contributed by atoms with E-state index in [-0.39, 0.29) is 56.3 Å². The molecule has 4 aliphatic heterocycles. The number of rotatable bonds is 5. The van der Waals surface area contributed by atoms with Gasteiger partial charge in [-0.1, -0.05) is 17.7 Å². The first-order chi connectivity index (χ1) is 20.8. The number of aromatic hydroxyl groups is 1. The minimum Gasteiger partial charge on any atom is -0.508 e. The zero-order chi connectivity index (χ0) is 29.5. The van der Waals surface area contributed by atoms with Crippen LogP contribution in [0, 0.1) is 17.5 Å². The standard InChI is InChI=1S/C32H31ClF3N5O2/c33-27-23(34)6-3-17-11-20(42)12-21(25(17)27)26-24(35)13-22-29(28(26)36)38-31(43-16-32-7-1-9-41(32)10-2-8-32)39-30(22)40-14-18-4-5-19(15-40)37-18/h3,6,11-13,18-19,37,42H,1-2,4-5,7-10,14-16H2/t18-,19+. The lowest BCUT2D eigenvalue weighted by molar-refractivity contribution is 0.108. The number of aromatic nitrogens is 2. The highest BCUT2D eigenvalue weighted by Crippen LogP contribution is 2.44. The van der Waals surface area contributed by atoms with Gasteiger partial charge >= 0.3 is 6.01 Å². The van der Waals surface area contributed by atoms with E-state index in [1.54, 1.807) is 0 Å². The van der Waals surface area contributed by atoms with Gasteiger partial charge in [0, 0.05) is 41.5 Å². The Balaban J connectivity index is 1.30. The van der Waals surface area contributed by atoms with Crippen molar-refractivity contribution in [3.05, 3.63) is 52.8 Å². The molecule has 4 aromatic rings. The van der Waals surface area contributed by atoms with Crippen LogP contribution in [0.3, 0.4) is 0 Å². The molecule has 43 heavy (non-hydrogen) atoms. The van der Waals surface area contributed by atoms with Crippen molar-refractivity contribution in [2.75, 3.05) is 37.7 Å². The molecule has 0 unspecified atom stereocenters. The molecule has 0 radical (unpaired) electrons. The summed E-state index contributed by atoms with van der Waals surface area (Å²) < 4.78 is 53.6. The summed E-state index contributed by atoms with van der Waals surface area (Å²) in [4.78, 5) is 13.8. The minimum atomic E-state index is -0.949. The summed E-state index contributed by atoms with van der Waals surface area (Å²) in [6.45, 7) is 3.77. The number of hydrogen-bond acceptors (Lipinski definition) is 7. The molecule has 5 heterocycles. The van der Waals surface area contributed by atoms with Gasteiger partial charge in [0.25, 0.3) is 0 Å². The SMILES string of the molecule is Oc1cc(-c2c(F)cc3c(N4C[C@H]5CC[C@@H](C4)N5)nc(OCC45CCCN4CCC5)nc3c2F)c2c(Cl)c(F)ccc2c1. The number of halogens is 4. The van der Waals surface area contributed by atoms with Gasteiger partial charge in [-0.05, 0) is 81.3 Å². The van der Waals surface area contributed by atoms with E-state index in [1.807, 2.05) is 0 Å². The van der Waals surface area contributed by atoms with E-state index in [4.69, 9.17) is 21.3 Å². The first-order valence-electron chi connectivity index (χ1n) is 15.0. The van der Waals surface area contributed by atoms with E-state index < -0.39 is 23.0 Å². The van der Waals surface area contributed by atoms with E-state index >= 15 is 8.78 Å². The van der Waals surface area contributed by atoms with E-state index in [0.717, 1.165) is 57.7 Å². The largest absolute Gasteiger partial charge is 0.508 e. The topological polar surface area (TPSA) is 73.8 Å². The van der Waals surface area contributed by atoms with Crippen molar-refractivity contribution < 1.29 is 23.0 Å². The lowest BCUT2D eigenvalue weighted by Gasteiger charge is -2.34. The van der Waals surface area contributed by atoms with Crippen LogP contribution in [0.15, 0.2) is 30.3 Å². The van der Waals surface area contributed by atoms with Crippen LogP contribution in [0.2, 0.25) is 5.02 Å². The second-order valence-corrected chi connectivity index (χ2v) is 12.9. The molecule has 11 heteroatoms. The van der Waals surface area contributed by atoms with Gasteiger partial charge in [0.1, 0.15) is 35.3 Å². The molecule has 0 aliphatic carbocycles. The van der Waals surface area contributed by atoms with Gasteiger partial charge < -0.3 is 20.1 Å². The first kappa shape index (κ1) is 27.2. The molecule has 2 N–H and O–H groups in total.